The predicted molar refractivity (Wildman–Crippen MR) is 226 cm³/mol. The first kappa shape index (κ1) is 44.2. The Kier molecular flexibility index (Phi) is 21.5. The van der Waals surface area contributed by atoms with Crippen molar-refractivity contribution in [3.05, 3.63) is 167 Å². The van der Waals surface area contributed by atoms with Gasteiger partial charge in [-0.05, 0) is 123 Å². The molecule has 0 aliphatic rings. The molecule has 0 aliphatic carbocycles. The van der Waals surface area contributed by atoms with E-state index < -0.39 is 0 Å². The summed E-state index contributed by atoms with van der Waals surface area (Å²) in [5.41, 5.74) is 10.3. The lowest BCUT2D eigenvalue weighted by atomic mass is 9.66. The molecule has 1 N–H and O–H groups in total. The molecule has 0 aromatic heterocycles. The second kappa shape index (κ2) is 24.4. The van der Waals surface area contributed by atoms with Gasteiger partial charge in [0.1, 0.15) is 0 Å². The van der Waals surface area contributed by atoms with E-state index in [-0.39, 0.29) is 5.41 Å². The Morgan fingerprint density at radius 2 is 1.40 bits per heavy atom. The second-order valence-corrected chi connectivity index (χ2v) is 13.7. The van der Waals surface area contributed by atoms with Crippen LogP contribution >= 0.6 is 11.6 Å². The van der Waals surface area contributed by atoms with E-state index in [0.717, 1.165) is 49.2 Å². The molecule has 0 heterocycles. The summed E-state index contributed by atoms with van der Waals surface area (Å²) in [6.07, 6.45) is 9.74. The monoisotopic (exact) mass is 691 g/mol. The Bertz CT molecular complexity index is 1530. The van der Waals surface area contributed by atoms with Crippen LogP contribution in [0.25, 0.3) is 11.1 Å². The fourth-order valence-corrected chi connectivity index (χ4v) is 6.76. The number of nitrogens with one attached hydrogen (secondary N) is 1. The molecule has 4 aromatic rings. The lowest BCUT2D eigenvalue weighted by Gasteiger charge is -2.39. The van der Waals surface area contributed by atoms with Gasteiger partial charge in [-0.2, -0.15) is 0 Å². The van der Waals surface area contributed by atoms with Crippen LogP contribution in [0.15, 0.2) is 135 Å². The molecule has 0 amide bonds. The Morgan fingerprint density at radius 3 is 1.96 bits per heavy atom. The van der Waals surface area contributed by atoms with Crippen molar-refractivity contribution in [2.24, 2.45) is 11.3 Å². The maximum atomic E-state index is 6.66. The minimum absolute atomic E-state index is 0.0702. The minimum atomic E-state index is 0.0702. The highest BCUT2D eigenvalue weighted by atomic mass is 35.5. The number of benzene rings is 4. The van der Waals surface area contributed by atoms with E-state index in [1.165, 1.54) is 38.9 Å². The van der Waals surface area contributed by atoms with Gasteiger partial charge in [0.15, 0.2) is 0 Å². The molecule has 4 rings (SSSR count). The van der Waals surface area contributed by atoms with E-state index in [0.29, 0.717) is 11.8 Å². The largest absolute Gasteiger partial charge is 0.392 e. The molecule has 1 nitrogen and oxygen atoms in total. The Labute approximate surface area is 312 Å². The smallest absolute Gasteiger partial charge is 0.0440 e. The average Bonchev–Trinajstić information content (AvgIpc) is 3.12. The molecular weight excluding hydrogens is 626 g/mol. The summed E-state index contributed by atoms with van der Waals surface area (Å²) >= 11 is 6.66. The van der Waals surface area contributed by atoms with Gasteiger partial charge in [-0.3, -0.25) is 0 Å². The van der Waals surface area contributed by atoms with Gasteiger partial charge in [-0.25, -0.2) is 0 Å². The first-order chi connectivity index (χ1) is 24.0. The highest BCUT2D eigenvalue weighted by molar-refractivity contribution is 6.31. The van der Waals surface area contributed by atoms with Crippen LogP contribution in [0.4, 0.5) is 0 Å². The molecule has 50 heavy (non-hydrogen) atoms. The maximum absolute atomic E-state index is 6.66. The van der Waals surface area contributed by atoms with Crippen LogP contribution in [0, 0.1) is 25.2 Å². The van der Waals surface area contributed by atoms with Gasteiger partial charge in [-0.15, -0.1) is 13.2 Å². The Hall–Kier alpha value is -3.81. The summed E-state index contributed by atoms with van der Waals surface area (Å²) in [6.45, 7) is 28.0. The summed E-state index contributed by atoms with van der Waals surface area (Å²) in [5, 5.41) is 4.26. The van der Waals surface area contributed by atoms with E-state index in [9.17, 15) is 0 Å². The lowest BCUT2D eigenvalue weighted by Crippen LogP contribution is -2.30. The van der Waals surface area contributed by atoms with E-state index in [2.05, 4.69) is 150 Å². The van der Waals surface area contributed by atoms with Crippen molar-refractivity contribution in [1.29, 1.82) is 0 Å². The molecule has 2 heteroatoms. The quantitative estimate of drug-likeness (QED) is 0.130. The lowest BCUT2D eigenvalue weighted by molar-refractivity contribution is 0.196. The molecule has 0 aliphatic heterocycles. The van der Waals surface area contributed by atoms with Gasteiger partial charge in [0, 0.05) is 17.8 Å². The van der Waals surface area contributed by atoms with E-state index in [4.69, 9.17) is 11.6 Å². The standard InChI is InChI=1S/C40H48ClN.2C3H6.C2H6/c1-7-40(26-32(5)42-6,27-33-12-11-15-37(25-33)34-13-9-8-10-14-34)28-38(35-20-16-29(2)17-21-35)31(4)19-23-36-22-18-30(3)24-39(36)41;2*1-3-2;1-2/h8-18,20-22,24-25,31,38,42H,5,7,19,23,26-28H2,1-4,6H3;2*3H,1H2,2H3;1-2H3. The van der Waals surface area contributed by atoms with Gasteiger partial charge >= 0.3 is 0 Å². The molecule has 0 fully saturated rings. The van der Waals surface area contributed by atoms with Crippen LogP contribution in [0.1, 0.15) is 101 Å². The molecule has 0 saturated carbocycles. The van der Waals surface area contributed by atoms with Gasteiger partial charge < -0.3 is 5.32 Å². The molecule has 0 spiro atoms. The minimum Gasteiger partial charge on any atom is -0.392 e. The number of hydrogen-bond acceptors (Lipinski definition) is 1. The summed E-state index contributed by atoms with van der Waals surface area (Å²) < 4.78 is 0. The normalized spacial score (nSPS) is 12.5. The van der Waals surface area contributed by atoms with Crippen LogP contribution in [0.3, 0.4) is 0 Å². The Balaban J connectivity index is 0.00000143. The molecule has 0 saturated heterocycles. The first-order valence-corrected chi connectivity index (χ1v) is 18.9. The summed E-state index contributed by atoms with van der Waals surface area (Å²) in [7, 11) is 2.00. The summed E-state index contributed by atoms with van der Waals surface area (Å²) in [5.74, 6) is 0.922. The average molecular weight is 693 g/mol. The van der Waals surface area contributed by atoms with Crippen molar-refractivity contribution in [2.75, 3.05) is 7.05 Å². The number of rotatable bonds is 14. The fraction of sp³-hybridized carbons (Fsp3) is 0.375. The number of aryl methyl sites for hydroxylation is 3. The summed E-state index contributed by atoms with van der Waals surface area (Å²) in [6, 6.07) is 35.6. The van der Waals surface area contributed by atoms with Crippen LogP contribution in [0.5, 0.6) is 0 Å². The van der Waals surface area contributed by atoms with E-state index in [1.807, 2.05) is 34.7 Å². The molecule has 4 aromatic carbocycles. The van der Waals surface area contributed by atoms with Crippen LogP contribution in [-0.4, -0.2) is 7.05 Å². The third kappa shape index (κ3) is 15.0. The van der Waals surface area contributed by atoms with Crippen molar-refractivity contribution in [2.45, 2.75) is 99.8 Å². The van der Waals surface area contributed by atoms with E-state index in [1.54, 1.807) is 12.2 Å². The third-order valence-electron chi connectivity index (χ3n) is 9.23. The first-order valence-electron chi connectivity index (χ1n) is 18.5. The number of hydrogen-bond donors (Lipinski definition) is 1. The maximum Gasteiger partial charge on any atom is 0.0440 e. The summed E-state index contributed by atoms with van der Waals surface area (Å²) in [4.78, 5) is 0. The highest BCUT2D eigenvalue weighted by Gasteiger charge is 2.35. The third-order valence-corrected chi connectivity index (χ3v) is 9.58. The zero-order chi connectivity index (χ0) is 37.5. The zero-order valence-corrected chi connectivity index (χ0v) is 33.5. The van der Waals surface area contributed by atoms with Crippen LogP contribution in [-0.2, 0) is 12.8 Å². The van der Waals surface area contributed by atoms with Crippen molar-refractivity contribution in [3.8, 4) is 11.1 Å². The topological polar surface area (TPSA) is 12.0 Å². The SMILES string of the molecule is C=C(CC(CC)(Cc1cccc(-c2ccccc2)c1)CC(c1ccc(C)cc1)C(C)CCc1ccc(C)cc1Cl)NC.C=CC.C=CC.CC. The van der Waals surface area contributed by atoms with Gasteiger partial charge in [0.25, 0.3) is 0 Å². The molecule has 0 radical (unpaired) electrons. The molecule has 3 atom stereocenters. The predicted octanol–water partition coefficient (Wildman–Crippen LogP) is 14.5. The number of allylic oxidation sites excluding steroid dienone is 3. The van der Waals surface area contributed by atoms with Crippen molar-refractivity contribution in [3.63, 3.8) is 0 Å². The fourth-order valence-electron chi connectivity index (χ4n) is 6.43. The molecular formula is C48H66ClN. The van der Waals surface area contributed by atoms with Crippen LogP contribution < -0.4 is 5.32 Å². The second-order valence-electron chi connectivity index (χ2n) is 13.3. The van der Waals surface area contributed by atoms with Crippen molar-refractivity contribution in [1.82, 2.24) is 5.32 Å². The van der Waals surface area contributed by atoms with Crippen LogP contribution in [0.2, 0.25) is 5.02 Å². The van der Waals surface area contributed by atoms with E-state index >= 15 is 0 Å². The van der Waals surface area contributed by atoms with Crippen molar-refractivity contribution < 1.29 is 0 Å². The van der Waals surface area contributed by atoms with Gasteiger partial charge in [-0.1, -0.05) is 155 Å². The molecule has 270 valence electrons. The Morgan fingerprint density at radius 1 is 0.820 bits per heavy atom. The van der Waals surface area contributed by atoms with Gasteiger partial charge in [0.05, 0.1) is 0 Å². The highest BCUT2D eigenvalue weighted by Crippen LogP contribution is 2.46. The van der Waals surface area contributed by atoms with Gasteiger partial charge in [0.2, 0.25) is 0 Å². The molecule has 0 bridgehead atoms. The van der Waals surface area contributed by atoms with Crippen molar-refractivity contribution >= 4 is 11.6 Å². The number of halogens is 1. The zero-order valence-electron chi connectivity index (χ0n) is 32.8. The molecule has 3 unspecified atom stereocenters.